The Hall–Kier alpha value is -7.47. The molecule has 0 aliphatic carbocycles. The fraction of sp³-hybridized carbons (Fsp3) is 0.0536. The molecule has 9 aromatic carbocycles. The average molecular weight is 801 g/mol. The minimum absolute atomic E-state index is 0.575. The van der Waals surface area contributed by atoms with E-state index >= 15 is 0 Å². The zero-order chi connectivity index (χ0) is 40.9. The predicted octanol–water partition coefficient (Wildman–Crippen LogP) is 15.7. The number of hydrogen-bond donors (Lipinski definition) is 0. The van der Waals surface area contributed by atoms with Gasteiger partial charge in [0, 0.05) is 53.0 Å². The van der Waals surface area contributed by atoms with E-state index in [2.05, 4.69) is 188 Å². The summed E-state index contributed by atoms with van der Waals surface area (Å²) < 4.78 is 4.89. The lowest BCUT2D eigenvalue weighted by Crippen LogP contribution is -2.07. The lowest BCUT2D eigenvalue weighted by Gasteiger charge is -2.14. The van der Waals surface area contributed by atoms with E-state index in [1.807, 2.05) is 35.6 Å². The van der Waals surface area contributed by atoms with Crippen LogP contribution in [0.15, 0.2) is 194 Å². The molecule has 0 N–H and O–H groups in total. The first kappa shape index (κ1) is 36.6. The largest absolute Gasteiger partial charge is 0.277 e. The molecular formula is C56H40N4S. The number of hydrogen-bond acceptors (Lipinski definition) is 4. The molecule has 0 radical (unpaired) electrons. The molecule has 0 atom stereocenters. The lowest BCUT2D eigenvalue weighted by molar-refractivity contribution is 0.955. The first-order valence-corrected chi connectivity index (χ1v) is 21.8. The van der Waals surface area contributed by atoms with E-state index in [1.54, 1.807) is 0 Å². The first-order valence-electron chi connectivity index (χ1n) is 20.9. The minimum atomic E-state index is 0.575. The van der Waals surface area contributed by atoms with Gasteiger partial charge in [-0.25, -0.2) is 4.98 Å². The highest BCUT2D eigenvalue weighted by Crippen LogP contribution is 2.46. The smallest absolute Gasteiger partial charge is 0.238 e. The van der Waals surface area contributed by atoms with Crippen molar-refractivity contribution in [3.63, 3.8) is 0 Å². The van der Waals surface area contributed by atoms with Crippen molar-refractivity contribution in [1.29, 1.82) is 0 Å². The average Bonchev–Trinajstić information content (AvgIpc) is 3.89. The van der Waals surface area contributed by atoms with Gasteiger partial charge < -0.3 is 0 Å². The van der Waals surface area contributed by atoms with E-state index in [0.717, 1.165) is 49.6 Å². The maximum absolute atomic E-state index is 5.42. The molecule has 0 saturated heterocycles. The second-order valence-electron chi connectivity index (χ2n) is 15.5. The zero-order valence-corrected chi connectivity index (χ0v) is 34.7. The summed E-state index contributed by atoms with van der Waals surface area (Å²) in [6, 6.07) is 69.1. The summed E-state index contributed by atoms with van der Waals surface area (Å²) in [5.74, 6) is 1.81. The van der Waals surface area contributed by atoms with E-state index in [0.29, 0.717) is 17.6 Å². The Balaban J connectivity index is 0.00000136. The summed E-state index contributed by atoms with van der Waals surface area (Å²) in [5.41, 5.74) is 8.57. The normalized spacial score (nSPS) is 11.5. The van der Waals surface area contributed by atoms with Crippen LogP contribution in [0.4, 0.5) is 0 Å². The van der Waals surface area contributed by atoms with Gasteiger partial charge in [0.2, 0.25) is 5.95 Å². The van der Waals surface area contributed by atoms with E-state index in [4.69, 9.17) is 15.0 Å². The predicted molar refractivity (Wildman–Crippen MR) is 260 cm³/mol. The third-order valence-corrected chi connectivity index (χ3v) is 12.6. The highest BCUT2D eigenvalue weighted by Gasteiger charge is 2.24. The minimum Gasteiger partial charge on any atom is -0.277 e. The number of rotatable bonds is 5. The maximum Gasteiger partial charge on any atom is 0.238 e. The molecule has 12 aromatic rings. The number of fused-ring (bicyclic) bond motifs is 11. The summed E-state index contributed by atoms with van der Waals surface area (Å²) in [4.78, 5) is 16.0. The Kier molecular flexibility index (Phi) is 9.17. The Morgan fingerprint density at radius 3 is 1.57 bits per heavy atom. The van der Waals surface area contributed by atoms with Gasteiger partial charge in [0.1, 0.15) is 0 Å². The fourth-order valence-corrected chi connectivity index (χ4v) is 9.89. The third kappa shape index (κ3) is 6.25. The molecule has 0 aliphatic rings. The monoisotopic (exact) mass is 800 g/mol. The fourth-order valence-electron chi connectivity index (χ4n) is 8.80. The molecule has 0 fully saturated rings. The van der Waals surface area contributed by atoms with Crippen molar-refractivity contribution in [2.45, 2.75) is 20.3 Å². The molecule has 3 aromatic heterocycles. The quantitative estimate of drug-likeness (QED) is 0.163. The van der Waals surface area contributed by atoms with Crippen molar-refractivity contribution in [2.75, 3.05) is 0 Å². The van der Waals surface area contributed by atoms with Crippen LogP contribution in [-0.2, 0) is 0 Å². The molecule has 5 heteroatoms. The molecule has 0 aliphatic heterocycles. The van der Waals surface area contributed by atoms with Gasteiger partial charge in [-0.15, -0.1) is 11.3 Å². The number of benzene rings is 9. The van der Waals surface area contributed by atoms with E-state index in [1.165, 1.54) is 53.7 Å². The molecule has 0 amide bonds. The van der Waals surface area contributed by atoms with Gasteiger partial charge in [-0.2, -0.15) is 9.97 Å². The van der Waals surface area contributed by atoms with Crippen molar-refractivity contribution < 1.29 is 0 Å². The van der Waals surface area contributed by atoms with Gasteiger partial charge >= 0.3 is 0 Å². The van der Waals surface area contributed by atoms with Crippen LogP contribution in [0.25, 0.3) is 115 Å². The van der Waals surface area contributed by atoms with Crippen LogP contribution in [-0.4, -0.2) is 19.5 Å². The van der Waals surface area contributed by atoms with Crippen molar-refractivity contribution in [1.82, 2.24) is 19.5 Å². The third-order valence-electron chi connectivity index (χ3n) is 11.5. The first-order chi connectivity index (χ1) is 30.2. The second kappa shape index (κ2) is 15.3. The summed E-state index contributed by atoms with van der Waals surface area (Å²) in [7, 11) is 0. The molecule has 0 spiro atoms. The van der Waals surface area contributed by atoms with Crippen LogP contribution in [0.2, 0.25) is 0 Å². The Morgan fingerprint density at radius 2 is 0.869 bits per heavy atom. The maximum atomic E-state index is 5.42. The van der Waals surface area contributed by atoms with Crippen LogP contribution in [0.3, 0.4) is 0 Å². The molecule has 0 saturated carbocycles. The van der Waals surface area contributed by atoms with Gasteiger partial charge in [0.15, 0.2) is 11.6 Å². The van der Waals surface area contributed by atoms with Crippen molar-refractivity contribution in [2.24, 2.45) is 0 Å². The molecule has 12 rings (SSSR count). The van der Waals surface area contributed by atoms with Crippen molar-refractivity contribution in [3.05, 3.63) is 194 Å². The topological polar surface area (TPSA) is 43.6 Å². The lowest BCUT2D eigenvalue weighted by atomic mass is 9.95. The van der Waals surface area contributed by atoms with E-state index in [-0.39, 0.29) is 0 Å². The second-order valence-corrected chi connectivity index (χ2v) is 16.5. The van der Waals surface area contributed by atoms with Crippen LogP contribution >= 0.6 is 11.3 Å². The summed E-state index contributed by atoms with van der Waals surface area (Å²) >= 11 is 1.84. The summed E-state index contributed by atoms with van der Waals surface area (Å²) in [5, 5.41) is 9.64. The molecular weight excluding hydrogens is 761 g/mol. The van der Waals surface area contributed by atoms with Gasteiger partial charge in [-0.1, -0.05) is 196 Å². The van der Waals surface area contributed by atoms with Crippen LogP contribution < -0.4 is 0 Å². The SMILES string of the molecule is CCC.c1ccc(-c2ccc(-c3nc(-c4ccccc4)nc(-n4c5c(-c6ccc7sc8ccccc8c7c6)cccc5c5c6ccccc6c6ccccc6c54)n3)cc2)cc1. The van der Waals surface area contributed by atoms with Crippen LogP contribution in [0, 0.1) is 0 Å². The number of para-hydroxylation sites is 1. The van der Waals surface area contributed by atoms with E-state index in [9.17, 15) is 0 Å². The number of nitrogens with zero attached hydrogens (tertiary/aromatic N) is 4. The van der Waals surface area contributed by atoms with Crippen LogP contribution in [0.1, 0.15) is 20.3 Å². The summed E-state index contributed by atoms with van der Waals surface area (Å²) in [6.45, 7) is 4.25. The van der Waals surface area contributed by atoms with Crippen molar-refractivity contribution in [3.8, 4) is 51.0 Å². The molecule has 0 bridgehead atoms. The van der Waals surface area contributed by atoms with Crippen LogP contribution in [0.5, 0.6) is 0 Å². The van der Waals surface area contributed by atoms with Gasteiger partial charge in [0.25, 0.3) is 0 Å². The van der Waals surface area contributed by atoms with Gasteiger partial charge in [-0.05, 0) is 51.0 Å². The standard InChI is InChI=1S/C53H32N4S.C3H8/c1-3-14-33(15-4-1)34-26-28-36(29-27-34)52-54-51(35-16-5-2-6-17-35)55-53(56-52)57-49-38(37-30-31-47-45(32-37)41-20-11-12-25-46(41)58-47)23-13-24-44(49)48-42-21-9-7-18-39(42)40-19-8-10-22-43(40)50(48)57;1-3-2/h1-32H;3H2,1-2H3. The zero-order valence-electron chi connectivity index (χ0n) is 33.9. The highest BCUT2D eigenvalue weighted by molar-refractivity contribution is 7.25. The van der Waals surface area contributed by atoms with Gasteiger partial charge in [0.05, 0.1) is 11.0 Å². The molecule has 290 valence electrons. The molecule has 0 unspecified atom stereocenters. The number of thiophene rings is 1. The van der Waals surface area contributed by atoms with Gasteiger partial charge in [-0.3, -0.25) is 4.57 Å². The Bertz CT molecular complexity index is 3570. The number of aromatic nitrogens is 4. The molecule has 4 nitrogen and oxygen atoms in total. The summed E-state index contributed by atoms with van der Waals surface area (Å²) in [6.07, 6.45) is 1.25. The highest BCUT2D eigenvalue weighted by atomic mass is 32.1. The van der Waals surface area contributed by atoms with E-state index < -0.39 is 0 Å². The molecule has 61 heavy (non-hydrogen) atoms. The Labute approximate surface area is 358 Å². The molecule has 3 heterocycles. The van der Waals surface area contributed by atoms with Crippen molar-refractivity contribution >= 4 is 74.9 Å². The Morgan fingerprint density at radius 1 is 0.377 bits per heavy atom.